The van der Waals surface area contributed by atoms with Crippen molar-refractivity contribution in [1.82, 2.24) is 4.90 Å². The van der Waals surface area contributed by atoms with E-state index in [2.05, 4.69) is 11.8 Å². The zero-order valence-electron chi connectivity index (χ0n) is 10.4. The molecule has 1 saturated heterocycles. The molecule has 1 unspecified atom stereocenters. The van der Waals surface area contributed by atoms with E-state index in [9.17, 15) is 4.79 Å². The van der Waals surface area contributed by atoms with E-state index in [1.165, 1.54) is 26.4 Å². The van der Waals surface area contributed by atoms with Crippen LogP contribution in [0.4, 0.5) is 0 Å². The summed E-state index contributed by atoms with van der Waals surface area (Å²) < 4.78 is 10.1. The molecule has 1 fully saturated rings. The molecule has 1 aliphatic rings. The average molecular weight is 237 g/mol. The van der Waals surface area contributed by atoms with E-state index in [0.717, 1.165) is 6.54 Å². The van der Waals surface area contributed by atoms with Gasteiger partial charge in [-0.15, -0.1) is 0 Å². The molecule has 1 aromatic heterocycles. The Kier molecular flexibility index (Phi) is 3.84. The van der Waals surface area contributed by atoms with Gasteiger partial charge in [-0.2, -0.15) is 0 Å². The van der Waals surface area contributed by atoms with Crippen LogP contribution < -0.4 is 0 Å². The quantitative estimate of drug-likeness (QED) is 0.757. The summed E-state index contributed by atoms with van der Waals surface area (Å²) in [5.74, 6) is 0.393. The maximum atomic E-state index is 11.5. The van der Waals surface area contributed by atoms with Gasteiger partial charge in [-0.05, 0) is 32.4 Å². The molecule has 0 bridgehead atoms. The van der Waals surface area contributed by atoms with Crippen LogP contribution in [0, 0.1) is 0 Å². The molecule has 1 atom stereocenters. The SMILES string of the molecule is COC(=O)c1ccoc1CN1CCCCC1C. The number of carbonyl (C=O) groups is 1. The molecular weight excluding hydrogens is 218 g/mol. The van der Waals surface area contributed by atoms with Crippen LogP contribution in [0.3, 0.4) is 0 Å². The van der Waals surface area contributed by atoms with Gasteiger partial charge >= 0.3 is 5.97 Å². The van der Waals surface area contributed by atoms with Gasteiger partial charge in [0, 0.05) is 6.04 Å². The lowest BCUT2D eigenvalue weighted by Gasteiger charge is -2.32. The van der Waals surface area contributed by atoms with Crippen molar-refractivity contribution in [3.63, 3.8) is 0 Å². The van der Waals surface area contributed by atoms with E-state index in [4.69, 9.17) is 9.15 Å². The third kappa shape index (κ3) is 2.69. The van der Waals surface area contributed by atoms with Crippen LogP contribution in [0.2, 0.25) is 0 Å². The Morgan fingerprint density at radius 1 is 1.59 bits per heavy atom. The molecule has 4 heteroatoms. The van der Waals surface area contributed by atoms with Gasteiger partial charge in [-0.25, -0.2) is 4.79 Å². The van der Waals surface area contributed by atoms with Gasteiger partial charge in [0.25, 0.3) is 0 Å². The minimum atomic E-state index is -0.321. The first-order valence-corrected chi connectivity index (χ1v) is 6.11. The van der Waals surface area contributed by atoms with Crippen molar-refractivity contribution in [2.45, 2.75) is 38.8 Å². The topological polar surface area (TPSA) is 42.7 Å². The molecule has 2 rings (SSSR count). The molecule has 1 aliphatic heterocycles. The molecule has 0 aromatic carbocycles. The Labute approximate surface area is 102 Å². The molecule has 4 nitrogen and oxygen atoms in total. The smallest absolute Gasteiger partial charge is 0.341 e. The molecule has 0 spiro atoms. The van der Waals surface area contributed by atoms with Gasteiger partial charge in [0.15, 0.2) is 0 Å². The summed E-state index contributed by atoms with van der Waals surface area (Å²) in [7, 11) is 1.39. The Balaban J connectivity index is 2.07. The van der Waals surface area contributed by atoms with Crippen molar-refractivity contribution >= 4 is 5.97 Å². The van der Waals surface area contributed by atoms with Gasteiger partial charge in [-0.3, -0.25) is 4.90 Å². The van der Waals surface area contributed by atoms with Crippen LogP contribution >= 0.6 is 0 Å². The highest BCUT2D eigenvalue weighted by atomic mass is 16.5. The molecule has 17 heavy (non-hydrogen) atoms. The number of methoxy groups -OCH3 is 1. The first-order chi connectivity index (χ1) is 8.22. The highest BCUT2D eigenvalue weighted by Crippen LogP contribution is 2.21. The fourth-order valence-electron chi connectivity index (χ4n) is 2.33. The van der Waals surface area contributed by atoms with Crippen molar-refractivity contribution in [1.29, 1.82) is 0 Å². The monoisotopic (exact) mass is 237 g/mol. The lowest BCUT2D eigenvalue weighted by Crippen LogP contribution is -2.37. The van der Waals surface area contributed by atoms with E-state index in [0.29, 0.717) is 23.9 Å². The fraction of sp³-hybridized carbons (Fsp3) is 0.615. The maximum absolute atomic E-state index is 11.5. The molecule has 1 aromatic rings. The Hall–Kier alpha value is -1.29. The number of carbonyl (C=O) groups excluding carboxylic acids is 1. The van der Waals surface area contributed by atoms with Crippen molar-refractivity contribution in [2.24, 2.45) is 0 Å². The minimum absolute atomic E-state index is 0.321. The zero-order chi connectivity index (χ0) is 12.3. The second-order valence-corrected chi connectivity index (χ2v) is 4.56. The van der Waals surface area contributed by atoms with Crippen molar-refractivity contribution < 1.29 is 13.9 Å². The molecule has 2 heterocycles. The van der Waals surface area contributed by atoms with E-state index in [1.54, 1.807) is 12.3 Å². The fourth-order valence-corrected chi connectivity index (χ4v) is 2.33. The molecule has 0 aliphatic carbocycles. The lowest BCUT2D eigenvalue weighted by molar-refractivity contribution is 0.0594. The van der Waals surface area contributed by atoms with Gasteiger partial charge < -0.3 is 9.15 Å². The van der Waals surface area contributed by atoms with Crippen LogP contribution in [0.25, 0.3) is 0 Å². The van der Waals surface area contributed by atoms with Gasteiger partial charge in [0.1, 0.15) is 11.3 Å². The number of hydrogen-bond acceptors (Lipinski definition) is 4. The third-order valence-electron chi connectivity index (χ3n) is 3.44. The van der Waals surface area contributed by atoms with Gasteiger partial charge in [-0.1, -0.05) is 6.42 Å². The van der Waals surface area contributed by atoms with Gasteiger partial charge in [0.2, 0.25) is 0 Å². The molecular formula is C13H19NO3. The lowest BCUT2D eigenvalue weighted by atomic mass is 10.0. The predicted molar refractivity (Wildman–Crippen MR) is 63.8 cm³/mol. The summed E-state index contributed by atoms with van der Waals surface area (Å²) in [4.78, 5) is 13.9. The number of rotatable bonds is 3. The van der Waals surface area contributed by atoms with Crippen LogP contribution in [-0.4, -0.2) is 30.6 Å². The van der Waals surface area contributed by atoms with Crippen molar-refractivity contribution in [2.75, 3.05) is 13.7 Å². The first-order valence-electron chi connectivity index (χ1n) is 6.11. The highest BCUT2D eigenvalue weighted by molar-refractivity contribution is 5.90. The summed E-state index contributed by atoms with van der Waals surface area (Å²) in [6.07, 6.45) is 5.28. The van der Waals surface area contributed by atoms with E-state index in [1.807, 2.05) is 0 Å². The standard InChI is InChI=1S/C13H19NO3/c1-10-5-3-4-7-14(10)9-12-11(6-8-17-12)13(15)16-2/h6,8,10H,3-5,7,9H2,1-2H3. The molecule has 0 saturated carbocycles. The summed E-state index contributed by atoms with van der Waals surface area (Å²) in [5.41, 5.74) is 0.547. The van der Waals surface area contributed by atoms with Crippen LogP contribution in [0.15, 0.2) is 16.7 Å². The number of furan rings is 1. The van der Waals surface area contributed by atoms with Crippen LogP contribution in [-0.2, 0) is 11.3 Å². The van der Waals surface area contributed by atoms with E-state index >= 15 is 0 Å². The van der Waals surface area contributed by atoms with Crippen LogP contribution in [0.1, 0.15) is 42.3 Å². The first kappa shape index (κ1) is 12.2. The summed E-state index contributed by atoms with van der Waals surface area (Å²) in [5, 5.41) is 0. The van der Waals surface area contributed by atoms with Crippen molar-refractivity contribution in [3.8, 4) is 0 Å². The third-order valence-corrected chi connectivity index (χ3v) is 3.44. The van der Waals surface area contributed by atoms with Crippen molar-refractivity contribution in [3.05, 3.63) is 23.7 Å². The van der Waals surface area contributed by atoms with Crippen LogP contribution in [0.5, 0.6) is 0 Å². The highest BCUT2D eigenvalue weighted by Gasteiger charge is 2.22. The molecule has 0 radical (unpaired) electrons. The summed E-state index contributed by atoms with van der Waals surface area (Å²) in [6, 6.07) is 2.23. The normalized spacial score (nSPS) is 21.4. The number of hydrogen-bond donors (Lipinski definition) is 0. The largest absolute Gasteiger partial charge is 0.467 e. The average Bonchev–Trinajstić information content (AvgIpc) is 2.79. The summed E-state index contributed by atoms with van der Waals surface area (Å²) in [6.45, 7) is 3.99. The number of esters is 1. The minimum Gasteiger partial charge on any atom is -0.467 e. The number of ether oxygens (including phenoxy) is 1. The van der Waals surface area contributed by atoms with E-state index in [-0.39, 0.29) is 5.97 Å². The number of nitrogens with zero attached hydrogens (tertiary/aromatic N) is 1. The predicted octanol–water partition coefficient (Wildman–Crippen LogP) is 2.44. The Morgan fingerprint density at radius 3 is 3.12 bits per heavy atom. The summed E-state index contributed by atoms with van der Waals surface area (Å²) >= 11 is 0. The molecule has 0 N–H and O–H groups in total. The molecule has 94 valence electrons. The second-order valence-electron chi connectivity index (χ2n) is 4.56. The second kappa shape index (κ2) is 5.36. The van der Waals surface area contributed by atoms with E-state index < -0.39 is 0 Å². The number of piperidine rings is 1. The van der Waals surface area contributed by atoms with Gasteiger partial charge in [0.05, 0.1) is 19.9 Å². The maximum Gasteiger partial charge on any atom is 0.341 e. The number of likely N-dealkylation sites (tertiary alicyclic amines) is 1. The Bertz CT molecular complexity index is 386. The zero-order valence-corrected chi connectivity index (χ0v) is 10.4. The Morgan fingerprint density at radius 2 is 2.41 bits per heavy atom. The molecule has 0 amide bonds.